The molecule has 0 aromatic heterocycles. The van der Waals surface area contributed by atoms with Crippen molar-refractivity contribution in [1.29, 1.82) is 0 Å². The fourth-order valence-electron chi connectivity index (χ4n) is 0.829. The van der Waals surface area contributed by atoms with Gasteiger partial charge in [-0.1, -0.05) is 11.6 Å². The van der Waals surface area contributed by atoms with E-state index in [1.165, 1.54) is 0 Å². The molecule has 0 saturated carbocycles. The van der Waals surface area contributed by atoms with E-state index in [4.69, 9.17) is 11.6 Å². The smallest absolute Gasteiger partial charge is 0.0860 e. The van der Waals surface area contributed by atoms with Crippen LogP contribution in [0.4, 0.5) is 5.69 Å². The van der Waals surface area contributed by atoms with E-state index >= 15 is 0 Å². The van der Waals surface area contributed by atoms with Crippen molar-refractivity contribution >= 4 is 28.4 Å². The van der Waals surface area contributed by atoms with Crippen LogP contribution in [0.15, 0.2) is 24.3 Å². The molecule has 1 aromatic carbocycles. The van der Waals surface area contributed by atoms with Crippen LogP contribution < -0.4 is 5.32 Å². The van der Waals surface area contributed by atoms with Gasteiger partial charge in [0.15, 0.2) is 0 Å². The molecule has 0 aliphatic carbocycles. The Morgan fingerprint density at radius 2 is 2.00 bits per heavy atom. The monoisotopic (exact) mass is 218 g/mol. The maximum Gasteiger partial charge on any atom is 0.0860 e. The fraction of sp³-hybridized carbons (Fsp3) is 0.250. The Kier molecular flexibility index (Phi) is 3.71. The summed E-state index contributed by atoms with van der Waals surface area (Å²) in [4.78, 5) is 0. The molecule has 0 bridgehead atoms. The normalized spacial score (nSPS) is 15.0. The average molecular weight is 219 g/mol. The average Bonchev–Trinajstić information content (AvgIpc) is 2.08. The first-order chi connectivity index (χ1) is 6.09. The van der Waals surface area contributed by atoms with E-state index in [-0.39, 0.29) is 0 Å². The minimum absolute atomic E-state index is 0.596. The Bertz CT molecular complexity index is 302. The van der Waals surface area contributed by atoms with Crippen molar-refractivity contribution in [3.05, 3.63) is 29.3 Å². The second-order valence-corrected chi connectivity index (χ2v) is 4.22. The number of halogens is 1. The van der Waals surface area contributed by atoms with Crippen molar-refractivity contribution in [2.45, 2.75) is 12.3 Å². The highest BCUT2D eigenvalue weighted by molar-refractivity contribution is 7.79. The zero-order chi connectivity index (χ0) is 9.84. The standard InChI is InChI=1S/C8H10ClNO2S/c1-6(13(11)12)10-8-4-2-7(9)3-5-8/h2-6,10H,1H3,(H,11,12)/p-1. The molecule has 0 saturated heterocycles. The van der Waals surface area contributed by atoms with E-state index in [9.17, 15) is 8.76 Å². The molecule has 0 spiro atoms. The molecule has 72 valence electrons. The van der Waals surface area contributed by atoms with Gasteiger partial charge in [-0.05, 0) is 42.3 Å². The molecule has 0 heterocycles. The maximum absolute atomic E-state index is 10.5. The zero-order valence-corrected chi connectivity index (χ0v) is 8.56. The van der Waals surface area contributed by atoms with E-state index in [0.717, 1.165) is 5.69 Å². The molecule has 13 heavy (non-hydrogen) atoms. The molecular weight excluding hydrogens is 210 g/mol. The Morgan fingerprint density at radius 3 is 2.46 bits per heavy atom. The lowest BCUT2D eigenvalue weighted by atomic mass is 10.3. The van der Waals surface area contributed by atoms with Crippen LogP contribution in [0.5, 0.6) is 0 Å². The van der Waals surface area contributed by atoms with Gasteiger partial charge >= 0.3 is 0 Å². The molecule has 1 aromatic rings. The fourth-order valence-corrected chi connectivity index (χ4v) is 1.19. The van der Waals surface area contributed by atoms with Crippen LogP contribution in [0.3, 0.4) is 0 Å². The lowest BCUT2D eigenvalue weighted by Crippen LogP contribution is -2.20. The summed E-state index contributed by atoms with van der Waals surface area (Å²) in [5, 5.41) is 2.83. The summed E-state index contributed by atoms with van der Waals surface area (Å²) in [6.07, 6.45) is 0. The first-order valence-corrected chi connectivity index (χ1v) is 5.21. The minimum Gasteiger partial charge on any atom is -0.771 e. The van der Waals surface area contributed by atoms with E-state index in [1.54, 1.807) is 31.2 Å². The van der Waals surface area contributed by atoms with Gasteiger partial charge in [-0.2, -0.15) is 0 Å². The lowest BCUT2D eigenvalue weighted by molar-refractivity contribution is 0.529. The Hall–Kier alpha value is -0.580. The third-order valence-electron chi connectivity index (χ3n) is 1.50. The summed E-state index contributed by atoms with van der Waals surface area (Å²) >= 11 is 3.55. The molecular formula is C8H9ClNO2S-. The van der Waals surface area contributed by atoms with E-state index in [2.05, 4.69) is 5.32 Å². The van der Waals surface area contributed by atoms with E-state index < -0.39 is 16.5 Å². The van der Waals surface area contributed by atoms with Crippen LogP contribution >= 0.6 is 11.6 Å². The topological polar surface area (TPSA) is 52.2 Å². The highest BCUT2D eigenvalue weighted by atomic mass is 35.5. The second kappa shape index (κ2) is 4.60. The van der Waals surface area contributed by atoms with Gasteiger partial charge in [0.2, 0.25) is 0 Å². The first-order valence-electron chi connectivity index (χ1n) is 3.70. The van der Waals surface area contributed by atoms with Crippen molar-refractivity contribution in [2.75, 3.05) is 5.32 Å². The van der Waals surface area contributed by atoms with E-state index in [1.807, 2.05) is 0 Å². The number of benzene rings is 1. The van der Waals surface area contributed by atoms with Crippen LogP contribution in [0.25, 0.3) is 0 Å². The third kappa shape index (κ3) is 3.34. The van der Waals surface area contributed by atoms with Crippen LogP contribution in [0.2, 0.25) is 5.02 Å². The number of anilines is 1. The van der Waals surface area contributed by atoms with Crippen LogP contribution in [-0.4, -0.2) is 14.1 Å². The summed E-state index contributed by atoms with van der Waals surface area (Å²) in [5.41, 5.74) is 0.737. The van der Waals surface area contributed by atoms with Gasteiger partial charge in [-0.3, -0.25) is 4.21 Å². The summed E-state index contributed by atoms with van der Waals surface area (Å²) in [6.45, 7) is 1.57. The van der Waals surface area contributed by atoms with Gasteiger partial charge in [0.05, 0.1) is 5.37 Å². The Labute approximate surface area is 84.4 Å². The minimum atomic E-state index is -2.11. The Balaban J connectivity index is 2.64. The molecule has 1 N–H and O–H groups in total. The molecule has 0 fully saturated rings. The highest BCUT2D eigenvalue weighted by Gasteiger charge is 2.00. The molecule has 0 amide bonds. The first kappa shape index (κ1) is 10.5. The quantitative estimate of drug-likeness (QED) is 0.790. The van der Waals surface area contributed by atoms with Gasteiger partial charge in [-0.25, -0.2) is 0 Å². The Morgan fingerprint density at radius 1 is 1.46 bits per heavy atom. The van der Waals surface area contributed by atoms with Crippen molar-refractivity contribution < 1.29 is 8.76 Å². The van der Waals surface area contributed by atoms with Crippen molar-refractivity contribution in [2.24, 2.45) is 0 Å². The molecule has 2 atom stereocenters. The van der Waals surface area contributed by atoms with Gasteiger partial charge in [0.25, 0.3) is 0 Å². The maximum atomic E-state index is 10.5. The van der Waals surface area contributed by atoms with Gasteiger partial charge in [0, 0.05) is 10.7 Å². The molecule has 1 rings (SSSR count). The molecule has 2 unspecified atom stereocenters. The summed E-state index contributed by atoms with van der Waals surface area (Å²) in [7, 11) is 0. The molecule has 3 nitrogen and oxygen atoms in total. The summed E-state index contributed by atoms with van der Waals surface area (Å²) < 4.78 is 21.0. The van der Waals surface area contributed by atoms with Crippen LogP contribution in [0.1, 0.15) is 6.92 Å². The SMILES string of the molecule is CC(Nc1ccc(Cl)cc1)S(=O)[O-]. The number of hydrogen-bond donors (Lipinski definition) is 1. The van der Waals surface area contributed by atoms with Crippen molar-refractivity contribution in [3.8, 4) is 0 Å². The summed E-state index contributed by atoms with van der Waals surface area (Å²) in [6, 6.07) is 6.85. The highest BCUT2D eigenvalue weighted by Crippen LogP contribution is 2.14. The van der Waals surface area contributed by atoms with Crippen LogP contribution in [0, 0.1) is 0 Å². The largest absolute Gasteiger partial charge is 0.771 e. The third-order valence-corrected chi connectivity index (χ3v) is 2.45. The molecule has 0 aliphatic heterocycles. The predicted octanol–water partition coefficient (Wildman–Crippen LogP) is 1.98. The van der Waals surface area contributed by atoms with Crippen molar-refractivity contribution in [3.63, 3.8) is 0 Å². The number of hydrogen-bond acceptors (Lipinski definition) is 3. The van der Waals surface area contributed by atoms with Gasteiger partial charge in [0.1, 0.15) is 0 Å². The zero-order valence-electron chi connectivity index (χ0n) is 6.99. The predicted molar refractivity (Wildman–Crippen MR) is 53.5 cm³/mol. The number of nitrogens with one attached hydrogen (secondary N) is 1. The van der Waals surface area contributed by atoms with Crippen molar-refractivity contribution in [1.82, 2.24) is 0 Å². The molecule has 5 heteroatoms. The number of rotatable bonds is 3. The lowest BCUT2D eigenvalue weighted by Gasteiger charge is -2.17. The van der Waals surface area contributed by atoms with E-state index in [0.29, 0.717) is 5.02 Å². The second-order valence-electron chi connectivity index (χ2n) is 2.55. The van der Waals surface area contributed by atoms with Crippen LogP contribution in [-0.2, 0) is 11.1 Å². The molecule has 0 aliphatic rings. The summed E-state index contributed by atoms with van der Waals surface area (Å²) in [5.74, 6) is 0. The van der Waals surface area contributed by atoms with Gasteiger partial charge < -0.3 is 9.87 Å². The molecule has 0 radical (unpaired) electrons. The van der Waals surface area contributed by atoms with Gasteiger partial charge in [-0.15, -0.1) is 0 Å².